The average Bonchev–Trinajstić information content (AvgIpc) is 3.58. The molecule has 4 heterocycles. The number of ether oxygens (including phenoxy) is 1. The molecule has 0 unspecified atom stereocenters. The van der Waals surface area contributed by atoms with Crippen LogP contribution in [0, 0.1) is 0 Å². The normalized spacial score (nSPS) is 13.5. The Morgan fingerprint density at radius 1 is 0.900 bits per heavy atom. The highest BCUT2D eigenvalue weighted by atomic mass is 16.6. The maximum Gasteiger partial charge on any atom is 0.410 e. The van der Waals surface area contributed by atoms with Crippen molar-refractivity contribution >= 4 is 28.6 Å². The summed E-state index contributed by atoms with van der Waals surface area (Å²) in [5.74, 6) is 1.07. The molecule has 2 aromatic carbocycles. The van der Waals surface area contributed by atoms with E-state index in [0.29, 0.717) is 24.7 Å². The number of nitrogen functional groups attached to an aromatic ring is 1. The van der Waals surface area contributed by atoms with Gasteiger partial charge in [0.1, 0.15) is 16.9 Å². The van der Waals surface area contributed by atoms with Crippen LogP contribution >= 0.6 is 0 Å². The Labute approximate surface area is 232 Å². The van der Waals surface area contributed by atoms with E-state index in [1.165, 1.54) is 0 Å². The van der Waals surface area contributed by atoms with Gasteiger partial charge in [-0.15, -0.1) is 0 Å². The van der Waals surface area contributed by atoms with E-state index in [1.54, 1.807) is 11.1 Å². The number of benzene rings is 2. The summed E-state index contributed by atoms with van der Waals surface area (Å²) in [6.07, 6.45) is 3.43. The van der Waals surface area contributed by atoms with E-state index >= 15 is 0 Å². The van der Waals surface area contributed by atoms with Gasteiger partial charge in [-0.3, -0.25) is 4.57 Å². The zero-order chi connectivity index (χ0) is 27.9. The highest BCUT2D eigenvalue weighted by Gasteiger charge is 2.26. The summed E-state index contributed by atoms with van der Waals surface area (Å²) < 4.78 is 7.57. The summed E-state index contributed by atoms with van der Waals surface area (Å²) in [4.78, 5) is 28.5. The number of pyridine rings is 2. The number of carbonyl (C=O) groups excluding carboxylic acids is 1. The van der Waals surface area contributed by atoms with Crippen LogP contribution in [-0.2, 0) is 4.74 Å². The molecule has 0 fully saturated rings. The van der Waals surface area contributed by atoms with E-state index in [-0.39, 0.29) is 6.09 Å². The van der Waals surface area contributed by atoms with E-state index in [9.17, 15) is 4.79 Å². The minimum absolute atomic E-state index is 0.306. The lowest BCUT2D eigenvalue weighted by Crippen LogP contribution is -2.35. The molecule has 8 nitrogen and oxygen atoms in total. The Balaban J connectivity index is 1.38. The van der Waals surface area contributed by atoms with Gasteiger partial charge in [-0.25, -0.2) is 19.7 Å². The van der Waals surface area contributed by atoms with Crippen molar-refractivity contribution in [3.05, 3.63) is 96.7 Å². The Kier molecular flexibility index (Phi) is 6.30. The van der Waals surface area contributed by atoms with Crippen LogP contribution in [0.25, 0.3) is 45.1 Å². The van der Waals surface area contributed by atoms with Gasteiger partial charge in [-0.05, 0) is 68.3 Å². The molecule has 0 atom stereocenters. The second-order valence-electron chi connectivity index (χ2n) is 10.7. The van der Waals surface area contributed by atoms with Crippen LogP contribution in [0.4, 0.5) is 10.6 Å². The van der Waals surface area contributed by atoms with Crippen molar-refractivity contribution in [2.24, 2.45) is 0 Å². The van der Waals surface area contributed by atoms with Crippen molar-refractivity contribution in [2.75, 3.05) is 18.8 Å². The largest absolute Gasteiger partial charge is 0.444 e. The van der Waals surface area contributed by atoms with Crippen molar-refractivity contribution in [3.63, 3.8) is 0 Å². The maximum absolute atomic E-state index is 12.5. The average molecular weight is 531 g/mol. The fourth-order valence-corrected chi connectivity index (χ4v) is 4.81. The van der Waals surface area contributed by atoms with Crippen LogP contribution in [0.15, 0.2) is 91.1 Å². The molecule has 200 valence electrons. The highest BCUT2D eigenvalue weighted by Crippen LogP contribution is 2.32. The van der Waals surface area contributed by atoms with Gasteiger partial charge in [0.2, 0.25) is 0 Å². The number of carbonyl (C=O) groups is 1. The van der Waals surface area contributed by atoms with Crippen molar-refractivity contribution in [1.82, 2.24) is 24.4 Å². The molecule has 0 saturated carbocycles. The van der Waals surface area contributed by atoms with Gasteiger partial charge < -0.3 is 15.4 Å². The minimum Gasteiger partial charge on any atom is -0.444 e. The third-order valence-electron chi connectivity index (χ3n) is 6.72. The second-order valence-corrected chi connectivity index (χ2v) is 10.7. The first-order chi connectivity index (χ1) is 19.3. The summed E-state index contributed by atoms with van der Waals surface area (Å²) in [5.41, 5.74) is 12.9. The van der Waals surface area contributed by atoms with Crippen molar-refractivity contribution in [1.29, 1.82) is 0 Å². The number of nitrogens with zero attached hydrogens (tertiary/aromatic N) is 5. The molecule has 0 saturated heterocycles. The first-order valence-corrected chi connectivity index (χ1v) is 13.2. The molecule has 0 radical (unpaired) electrons. The number of imidazole rings is 1. The number of fused-ring (bicyclic) bond motifs is 1. The van der Waals surface area contributed by atoms with E-state index in [0.717, 1.165) is 44.8 Å². The van der Waals surface area contributed by atoms with Gasteiger partial charge in [-0.2, -0.15) is 0 Å². The minimum atomic E-state index is -0.529. The predicted octanol–water partition coefficient (Wildman–Crippen LogP) is 6.37. The molecule has 3 aromatic heterocycles. The summed E-state index contributed by atoms with van der Waals surface area (Å²) >= 11 is 0. The first kappa shape index (κ1) is 25.3. The van der Waals surface area contributed by atoms with E-state index in [4.69, 9.17) is 20.4 Å². The predicted molar refractivity (Wildman–Crippen MR) is 158 cm³/mol. The smallest absolute Gasteiger partial charge is 0.410 e. The van der Waals surface area contributed by atoms with Gasteiger partial charge in [0.15, 0.2) is 11.5 Å². The molecule has 1 amide bonds. The third-order valence-corrected chi connectivity index (χ3v) is 6.72. The molecule has 8 heteroatoms. The van der Waals surface area contributed by atoms with Crippen molar-refractivity contribution < 1.29 is 9.53 Å². The quantitative estimate of drug-likeness (QED) is 0.290. The van der Waals surface area contributed by atoms with Crippen molar-refractivity contribution in [2.45, 2.75) is 26.4 Å². The fourth-order valence-electron chi connectivity index (χ4n) is 4.81. The number of hydrogen-bond donors (Lipinski definition) is 1. The standard InChI is InChI=1S/C32H30N6O2/c1-32(2,3)40-31(39)37-19-17-23(20-37)21-11-13-24(14-12-21)38-29(25-10-7-18-34-28(25)33)36-27-16-15-26(35-30(27)38)22-8-5-4-6-9-22/h4-18H,19-20H2,1-3H3,(H2,33,34). The second kappa shape index (κ2) is 9.96. The molecular formula is C32H30N6O2. The Hall–Kier alpha value is -4.98. The number of hydrogen-bond acceptors (Lipinski definition) is 6. The van der Waals surface area contributed by atoms with E-state index in [1.807, 2.05) is 92.1 Å². The van der Waals surface area contributed by atoms with Crippen LogP contribution in [0.2, 0.25) is 0 Å². The Morgan fingerprint density at radius 3 is 2.40 bits per heavy atom. The monoisotopic (exact) mass is 530 g/mol. The van der Waals surface area contributed by atoms with Crippen LogP contribution in [0.5, 0.6) is 0 Å². The molecule has 1 aliphatic rings. The summed E-state index contributed by atoms with van der Waals surface area (Å²) in [5, 5.41) is 0. The van der Waals surface area contributed by atoms with Crippen LogP contribution < -0.4 is 5.73 Å². The van der Waals surface area contributed by atoms with E-state index in [2.05, 4.69) is 23.2 Å². The van der Waals surface area contributed by atoms with Gasteiger partial charge in [-0.1, -0.05) is 48.5 Å². The number of nitrogens with two attached hydrogens (primary N) is 1. The molecule has 6 rings (SSSR count). The van der Waals surface area contributed by atoms with E-state index < -0.39 is 5.60 Å². The van der Waals surface area contributed by atoms with Crippen LogP contribution in [-0.4, -0.2) is 49.2 Å². The molecule has 0 bridgehead atoms. The molecule has 2 N–H and O–H groups in total. The zero-order valence-corrected chi connectivity index (χ0v) is 22.7. The molecule has 1 aliphatic heterocycles. The zero-order valence-electron chi connectivity index (χ0n) is 22.7. The highest BCUT2D eigenvalue weighted by molar-refractivity contribution is 5.85. The number of amides is 1. The summed E-state index contributed by atoms with van der Waals surface area (Å²) in [6.45, 7) is 6.65. The maximum atomic E-state index is 12.5. The molecule has 5 aromatic rings. The van der Waals surface area contributed by atoms with Crippen LogP contribution in [0.1, 0.15) is 26.3 Å². The molecule has 0 aliphatic carbocycles. The molecule has 0 spiro atoms. The summed E-state index contributed by atoms with van der Waals surface area (Å²) in [6, 6.07) is 26.0. The fraction of sp³-hybridized carbons (Fsp3) is 0.188. The lowest BCUT2D eigenvalue weighted by Gasteiger charge is -2.24. The first-order valence-electron chi connectivity index (χ1n) is 13.2. The van der Waals surface area contributed by atoms with Gasteiger partial charge in [0.05, 0.1) is 11.3 Å². The van der Waals surface area contributed by atoms with Gasteiger partial charge >= 0.3 is 6.09 Å². The summed E-state index contributed by atoms with van der Waals surface area (Å²) in [7, 11) is 0. The van der Waals surface area contributed by atoms with Crippen LogP contribution in [0.3, 0.4) is 0 Å². The number of aromatic nitrogens is 4. The third kappa shape index (κ3) is 4.91. The van der Waals surface area contributed by atoms with Gasteiger partial charge in [0, 0.05) is 30.5 Å². The topological polar surface area (TPSA) is 99.2 Å². The Morgan fingerprint density at radius 2 is 1.68 bits per heavy atom. The number of anilines is 1. The molecular weight excluding hydrogens is 500 g/mol. The SMILES string of the molecule is CC(C)(C)OC(=O)N1CC=C(c2ccc(-n3c(-c4cccnc4N)nc4ccc(-c5ccccc5)nc43)cc2)C1. The molecule has 40 heavy (non-hydrogen) atoms. The van der Waals surface area contributed by atoms with Gasteiger partial charge in [0.25, 0.3) is 0 Å². The lowest BCUT2D eigenvalue weighted by molar-refractivity contribution is 0.0306. The van der Waals surface area contributed by atoms with Crippen molar-refractivity contribution in [3.8, 4) is 28.3 Å². The number of rotatable bonds is 4. The Bertz CT molecular complexity index is 1730. The lowest BCUT2D eigenvalue weighted by atomic mass is 10.1.